The fourth-order valence-corrected chi connectivity index (χ4v) is 2.37. The number of carbonyl (C=O) groups excluding carboxylic acids is 1. The van der Waals surface area contributed by atoms with Crippen molar-refractivity contribution < 1.29 is 4.79 Å². The van der Waals surface area contributed by atoms with Crippen molar-refractivity contribution >= 4 is 5.91 Å². The first-order chi connectivity index (χ1) is 8.70. The Labute approximate surface area is 109 Å². The number of nitrogens with one attached hydrogen (secondary N) is 2. The molecule has 1 aromatic carbocycles. The molecule has 1 aliphatic rings. The normalized spacial score (nSPS) is 23.7. The van der Waals surface area contributed by atoms with E-state index >= 15 is 0 Å². The predicted octanol–water partition coefficient (Wildman–Crippen LogP) is 1.98. The Bertz CT molecular complexity index is 399. The van der Waals surface area contributed by atoms with Crippen molar-refractivity contribution in [2.45, 2.75) is 32.7 Å². The summed E-state index contributed by atoms with van der Waals surface area (Å²) in [6.45, 7) is 6.27. The van der Waals surface area contributed by atoms with E-state index in [1.807, 2.05) is 24.3 Å². The van der Waals surface area contributed by atoms with Crippen molar-refractivity contribution in [2.75, 3.05) is 13.1 Å². The smallest absolute Gasteiger partial charge is 0.251 e. The zero-order valence-corrected chi connectivity index (χ0v) is 11.2. The molecule has 2 rings (SSSR count). The van der Waals surface area contributed by atoms with Crippen LogP contribution in [0.5, 0.6) is 0 Å². The predicted molar refractivity (Wildman–Crippen MR) is 73.7 cm³/mol. The second-order valence-corrected chi connectivity index (χ2v) is 5.10. The molecule has 1 fully saturated rings. The van der Waals surface area contributed by atoms with Gasteiger partial charge in [-0.1, -0.05) is 26.0 Å². The first-order valence-corrected chi connectivity index (χ1v) is 6.81. The van der Waals surface area contributed by atoms with Gasteiger partial charge in [-0.15, -0.1) is 0 Å². The molecule has 0 bridgehead atoms. The second kappa shape index (κ2) is 6.01. The van der Waals surface area contributed by atoms with Crippen LogP contribution in [0.25, 0.3) is 0 Å². The van der Waals surface area contributed by atoms with Crippen molar-refractivity contribution in [2.24, 2.45) is 5.92 Å². The standard InChI is InChI=1S/C15H22N2O/c1-3-12-4-6-13(7-5-12)15(18)17-14-8-9-16-10-11(14)2/h4-7,11,14,16H,3,8-10H2,1-2H3,(H,17,18). The molecule has 2 unspecified atom stereocenters. The van der Waals surface area contributed by atoms with Crippen LogP contribution in [0.3, 0.4) is 0 Å². The summed E-state index contributed by atoms with van der Waals surface area (Å²) in [5.41, 5.74) is 2.03. The Morgan fingerprint density at radius 1 is 1.39 bits per heavy atom. The average Bonchev–Trinajstić information content (AvgIpc) is 2.41. The molecule has 2 atom stereocenters. The van der Waals surface area contributed by atoms with E-state index < -0.39 is 0 Å². The van der Waals surface area contributed by atoms with Crippen molar-refractivity contribution in [3.63, 3.8) is 0 Å². The first kappa shape index (κ1) is 13.1. The first-order valence-electron chi connectivity index (χ1n) is 6.81. The number of hydrogen-bond donors (Lipinski definition) is 2. The van der Waals surface area contributed by atoms with Crippen molar-refractivity contribution in [3.8, 4) is 0 Å². The lowest BCUT2D eigenvalue weighted by atomic mass is 9.95. The number of hydrogen-bond acceptors (Lipinski definition) is 2. The minimum absolute atomic E-state index is 0.0522. The largest absolute Gasteiger partial charge is 0.349 e. The van der Waals surface area contributed by atoms with Gasteiger partial charge in [0.15, 0.2) is 0 Å². The minimum Gasteiger partial charge on any atom is -0.349 e. The van der Waals surface area contributed by atoms with Crippen LogP contribution >= 0.6 is 0 Å². The lowest BCUT2D eigenvalue weighted by Crippen LogP contribution is -2.48. The summed E-state index contributed by atoms with van der Waals surface area (Å²) >= 11 is 0. The molecule has 1 aliphatic heterocycles. The van der Waals surface area contributed by atoms with Crippen LogP contribution in [0, 0.1) is 5.92 Å². The molecule has 0 aliphatic carbocycles. The topological polar surface area (TPSA) is 41.1 Å². The molecule has 0 aromatic heterocycles. The highest BCUT2D eigenvalue weighted by Gasteiger charge is 2.22. The number of carbonyl (C=O) groups is 1. The fourth-order valence-electron chi connectivity index (χ4n) is 2.37. The summed E-state index contributed by atoms with van der Waals surface area (Å²) in [5, 5.41) is 6.48. The zero-order chi connectivity index (χ0) is 13.0. The molecular formula is C15H22N2O. The van der Waals surface area contributed by atoms with Crippen LogP contribution in [0.4, 0.5) is 0 Å². The third-order valence-electron chi connectivity index (χ3n) is 3.73. The molecule has 0 saturated carbocycles. The van der Waals surface area contributed by atoms with Gasteiger partial charge in [0, 0.05) is 11.6 Å². The third-order valence-corrected chi connectivity index (χ3v) is 3.73. The van der Waals surface area contributed by atoms with Gasteiger partial charge in [-0.2, -0.15) is 0 Å². The number of benzene rings is 1. The minimum atomic E-state index is 0.0522. The highest BCUT2D eigenvalue weighted by atomic mass is 16.1. The van der Waals surface area contributed by atoms with Crippen LogP contribution in [-0.4, -0.2) is 25.0 Å². The van der Waals surface area contributed by atoms with Crippen molar-refractivity contribution in [3.05, 3.63) is 35.4 Å². The van der Waals surface area contributed by atoms with Gasteiger partial charge in [0.1, 0.15) is 0 Å². The van der Waals surface area contributed by atoms with E-state index in [9.17, 15) is 4.79 Å². The lowest BCUT2D eigenvalue weighted by molar-refractivity contribution is 0.0914. The van der Waals surface area contributed by atoms with E-state index in [2.05, 4.69) is 24.5 Å². The van der Waals surface area contributed by atoms with Crippen LogP contribution < -0.4 is 10.6 Å². The summed E-state index contributed by atoms with van der Waals surface area (Å²) < 4.78 is 0. The number of amides is 1. The van der Waals surface area contributed by atoms with E-state index in [0.29, 0.717) is 12.0 Å². The van der Waals surface area contributed by atoms with E-state index in [1.54, 1.807) is 0 Å². The maximum absolute atomic E-state index is 12.1. The Morgan fingerprint density at radius 2 is 2.11 bits per heavy atom. The monoisotopic (exact) mass is 246 g/mol. The SMILES string of the molecule is CCc1ccc(C(=O)NC2CCNCC2C)cc1. The third kappa shape index (κ3) is 3.10. The molecule has 1 aromatic rings. The molecule has 0 radical (unpaired) electrons. The molecular weight excluding hydrogens is 224 g/mol. The number of piperidine rings is 1. The summed E-state index contributed by atoms with van der Waals surface area (Å²) in [7, 11) is 0. The quantitative estimate of drug-likeness (QED) is 0.856. The molecule has 3 heteroatoms. The van der Waals surface area contributed by atoms with E-state index in [4.69, 9.17) is 0 Å². The molecule has 0 spiro atoms. The molecule has 1 saturated heterocycles. The molecule has 1 amide bonds. The summed E-state index contributed by atoms with van der Waals surface area (Å²) in [5.74, 6) is 0.550. The van der Waals surface area contributed by atoms with Crippen molar-refractivity contribution in [1.29, 1.82) is 0 Å². The van der Waals surface area contributed by atoms with Gasteiger partial charge in [0.2, 0.25) is 0 Å². The van der Waals surface area contributed by atoms with Gasteiger partial charge in [-0.05, 0) is 49.5 Å². The summed E-state index contributed by atoms with van der Waals surface area (Å²) in [6, 6.07) is 8.19. The average molecular weight is 246 g/mol. The van der Waals surface area contributed by atoms with Gasteiger partial charge >= 0.3 is 0 Å². The van der Waals surface area contributed by atoms with Crippen LogP contribution in [-0.2, 0) is 6.42 Å². The van der Waals surface area contributed by atoms with Crippen LogP contribution in [0.15, 0.2) is 24.3 Å². The Balaban J connectivity index is 1.97. The van der Waals surface area contributed by atoms with Gasteiger partial charge < -0.3 is 10.6 Å². The van der Waals surface area contributed by atoms with Crippen molar-refractivity contribution in [1.82, 2.24) is 10.6 Å². The van der Waals surface area contributed by atoms with Crippen LogP contribution in [0.2, 0.25) is 0 Å². The summed E-state index contributed by atoms with van der Waals surface area (Å²) in [6.07, 6.45) is 2.02. The maximum atomic E-state index is 12.1. The Kier molecular flexibility index (Phi) is 4.37. The summed E-state index contributed by atoms with van der Waals surface area (Å²) in [4.78, 5) is 12.1. The van der Waals surface area contributed by atoms with E-state index in [1.165, 1.54) is 5.56 Å². The molecule has 1 heterocycles. The number of aryl methyl sites for hydroxylation is 1. The molecule has 98 valence electrons. The second-order valence-electron chi connectivity index (χ2n) is 5.10. The Morgan fingerprint density at radius 3 is 2.72 bits per heavy atom. The molecule has 18 heavy (non-hydrogen) atoms. The van der Waals surface area contributed by atoms with Gasteiger partial charge in [-0.25, -0.2) is 0 Å². The lowest BCUT2D eigenvalue weighted by Gasteiger charge is -2.30. The maximum Gasteiger partial charge on any atom is 0.251 e. The highest BCUT2D eigenvalue weighted by molar-refractivity contribution is 5.94. The van der Waals surface area contributed by atoms with Gasteiger partial charge in [0.05, 0.1) is 0 Å². The van der Waals surface area contributed by atoms with E-state index in [0.717, 1.165) is 31.5 Å². The van der Waals surface area contributed by atoms with Gasteiger partial charge in [0.25, 0.3) is 5.91 Å². The van der Waals surface area contributed by atoms with Gasteiger partial charge in [-0.3, -0.25) is 4.79 Å². The molecule has 2 N–H and O–H groups in total. The zero-order valence-electron chi connectivity index (χ0n) is 11.2. The van der Waals surface area contributed by atoms with E-state index in [-0.39, 0.29) is 5.91 Å². The van der Waals surface area contributed by atoms with Crippen LogP contribution in [0.1, 0.15) is 36.2 Å². The molecule has 3 nitrogen and oxygen atoms in total. The Hall–Kier alpha value is -1.35. The number of rotatable bonds is 3. The highest BCUT2D eigenvalue weighted by Crippen LogP contribution is 2.12. The fraction of sp³-hybridized carbons (Fsp3) is 0.533.